The lowest BCUT2D eigenvalue weighted by atomic mass is 10.1. The van der Waals surface area contributed by atoms with Gasteiger partial charge in [-0.15, -0.1) is 0 Å². The number of urea groups is 1. The maximum atomic E-state index is 11.8. The van der Waals surface area contributed by atoms with Crippen LogP contribution in [0.3, 0.4) is 0 Å². The number of carbonyl (C=O) groups excluding carboxylic acids is 1. The van der Waals surface area contributed by atoms with Crippen molar-refractivity contribution >= 4 is 12.0 Å². The van der Waals surface area contributed by atoms with Crippen LogP contribution in [0.4, 0.5) is 4.79 Å². The third kappa shape index (κ3) is 6.23. The molecule has 1 rings (SSSR count). The molecule has 116 valence electrons. The minimum Gasteiger partial charge on any atom is -0.480 e. The maximum Gasteiger partial charge on any atom is 0.326 e. The van der Waals surface area contributed by atoms with Gasteiger partial charge < -0.3 is 20.6 Å². The molecule has 0 spiro atoms. The van der Waals surface area contributed by atoms with Crippen LogP contribution >= 0.6 is 0 Å². The van der Waals surface area contributed by atoms with Gasteiger partial charge in [0.2, 0.25) is 0 Å². The Morgan fingerprint density at radius 2 is 1.85 bits per heavy atom. The number of amides is 2. The molecule has 0 aromatic heterocycles. The Hall–Kier alpha value is -1.30. The van der Waals surface area contributed by atoms with E-state index in [2.05, 4.69) is 15.5 Å². The quantitative estimate of drug-likeness (QED) is 0.660. The fraction of sp³-hybridized carbons (Fsp3) is 0.857. The van der Waals surface area contributed by atoms with Crippen LogP contribution in [0.15, 0.2) is 0 Å². The summed E-state index contributed by atoms with van der Waals surface area (Å²) < 4.78 is 0. The standard InChI is InChI=1S/C14H27N3O3/c1-3-7-12(13(18)19)16-14(20)15-11(2)10-17-8-5-4-6-9-17/h11-12H,3-10H2,1-2H3,(H,18,19)(H2,15,16,20)/t11?,12-/m0/s1. The molecule has 0 aliphatic carbocycles. The SMILES string of the molecule is CCC[C@H](NC(=O)NC(C)CN1CCCCC1)C(=O)O. The lowest BCUT2D eigenvalue weighted by molar-refractivity contribution is -0.139. The van der Waals surface area contributed by atoms with Gasteiger partial charge in [0, 0.05) is 12.6 Å². The van der Waals surface area contributed by atoms with Gasteiger partial charge in [-0.05, 0) is 39.3 Å². The van der Waals surface area contributed by atoms with Gasteiger partial charge in [-0.1, -0.05) is 19.8 Å². The number of carboxylic acids is 1. The molecule has 2 atom stereocenters. The van der Waals surface area contributed by atoms with E-state index in [1.807, 2.05) is 13.8 Å². The molecule has 1 aliphatic heterocycles. The number of hydrogen-bond acceptors (Lipinski definition) is 3. The summed E-state index contributed by atoms with van der Waals surface area (Å²) in [4.78, 5) is 25.1. The Labute approximate surface area is 120 Å². The molecule has 1 saturated heterocycles. The van der Waals surface area contributed by atoms with E-state index in [9.17, 15) is 9.59 Å². The van der Waals surface area contributed by atoms with Gasteiger partial charge in [-0.3, -0.25) is 0 Å². The fourth-order valence-electron chi connectivity index (χ4n) is 2.54. The van der Waals surface area contributed by atoms with Crippen molar-refractivity contribution in [3.8, 4) is 0 Å². The van der Waals surface area contributed by atoms with Gasteiger partial charge in [0.15, 0.2) is 0 Å². The Kier molecular flexibility index (Phi) is 7.36. The third-order valence-corrected chi connectivity index (χ3v) is 3.54. The van der Waals surface area contributed by atoms with Crippen LogP contribution < -0.4 is 10.6 Å². The Balaban J connectivity index is 2.30. The Morgan fingerprint density at radius 1 is 1.20 bits per heavy atom. The summed E-state index contributed by atoms with van der Waals surface area (Å²) >= 11 is 0. The summed E-state index contributed by atoms with van der Waals surface area (Å²) in [6.07, 6.45) is 4.90. The number of rotatable bonds is 7. The van der Waals surface area contributed by atoms with Gasteiger partial charge in [0.05, 0.1) is 0 Å². The molecule has 0 aromatic rings. The van der Waals surface area contributed by atoms with Crippen molar-refractivity contribution in [1.29, 1.82) is 0 Å². The zero-order valence-electron chi connectivity index (χ0n) is 12.5. The normalized spacial score (nSPS) is 19.1. The van der Waals surface area contributed by atoms with Crippen molar-refractivity contribution in [3.05, 3.63) is 0 Å². The summed E-state index contributed by atoms with van der Waals surface area (Å²) in [6, 6.07) is -1.18. The maximum absolute atomic E-state index is 11.8. The van der Waals surface area contributed by atoms with Crippen molar-refractivity contribution in [2.24, 2.45) is 0 Å². The molecule has 1 aliphatic rings. The number of carbonyl (C=O) groups is 2. The largest absolute Gasteiger partial charge is 0.480 e. The minimum absolute atomic E-state index is 0.0178. The number of likely N-dealkylation sites (tertiary alicyclic amines) is 1. The predicted octanol–water partition coefficient (Wildman–Crippen LogP) is 1.41. The molecule has 2 amide bonds. The number of carboxylic acid groups (broad SMARTS) is 1. The average molecular weight is 285 g/mol. The summed E-state index contributed by atoms with van der Waals surface area (Å²) in [7, 11) is 0. The minimum atomic E-state index is -0.981. The van der Waals surface area contributed by atoms with E-state index in [0.29, 0.717) is 6.42 Å². The summed E-state index contributed by atoms with van der Waals surface area (Å²) in [6.45, 7) is 6.83. The van der Waals surface area contributed by atoms with Crippen LogP contribution in [0.2, 0.25) is 0 Å². The highest BCUT2D eigenvalue weighted by molar-refractivity contribution is 5.82. The lowest BCUT2D eigenvalue weighted by Crippen LogP contribution is -2.51. The molecule has 0 saturated carbocycles. The zero-order chi connectivity index (χ0) is 15.0. The first-order valence-corrected chi connectivity index (χ1v) is 7.55. The summed E-state index contributed by atoms with van der Waals surface area (Å²) in [5.74, 6) is -0.981. The van der Waals surface area contributed by atoms with Crippen LogP contribution in [0, 0.1) is 0 Å². The zero-order valence-corrected chi connectivity index (χ0v) is 12.5. The van der Waals surface area contributed by atoms with Gasteiger partial charge >= 0.3 is 12.0 Å². The number of nitrogens with zero attached hydrogens (tertiary/aromatic N) is 1. The monoisotopic (exact) mass is 285 g/mol. The van der Waals surface area contributed by atoms with E-state index in [0.717, 1.165) is 26.1 Å². The van der Waals surface area contributed by atoms with Gasteiger partial charge in [0.1, 0.15) is 6.04 Å². The second-order valence-electron chi connectivity index (χ2n) is 5.56. The molecule has 1 unspecified atom stereocenters. The molecule has 1 fully saturated rings. The first-order chi connectivity index (χ1) is 9.52. The van der Waals surface area contributed by atoms with E-state index < -0.39 is 18.0 Å². The van der Waals surface area contributed by atoms with Crippen molar-refractivity contribution < 1.29 is 14.7 Å². The van der Waals surface area contributed by atoms with Crippen molar-refractivity contribution in [2.75, 3.05) is 19.6 Å². The van der Waals surface area contributed by atoms with E-state index in [1.54, 1.807) is 0 Å². The average Bonchev–Trinajstić information content (AvgIpc) is 2.38. The number of aliphatic carboxylic acids is 1. The molecule has 0 bridgehead atoms. The molecule has 6 nitrogen and oxygen atoms in total. The number of nitrogens with one attached hydrogen (secondary N) is 2. The molecule has 1 heterocycles. The highest BCUT2D eigenvalue weighted by atomic mass is 16.4. The Bertz CT molecular complexity index is 317. The van der Waals surface area contributed by atoms with Gasteiger partial charge in [-0.2, -0.15) is 0 Å². The smallest absolute Gasteiger partial charge is 0.326 e. The predicted molar refractivity (Wildman–Crippen MR) is 77.8 cm³/mol. The molecule has 0 radical (unpaired) electrons. The molecular formula is C14H27N3O3. The second kappa shape index (κ2) is 8.79. The third-order valence-electron chi connectivity index (χ3n) is 3.54. The van der Waals surface area contributed by atoms with Gasteiger partial charge in [0.25, 0.3) is 0 Å². The molecule has 20 heavy (non-hydrogen) atoms. The van der Waals surface area contributed by atoms with Gasteiger partial charge in [-0.25, -0.2) is 9.59 Å². The Morgan fingerprint density at radius 3 is 2.40 bits per heavy atom. The first kappa shape index (κ1) is 16.8. The summed E-state index contributed by atoms with van der Waals surface area (Å²) in [5.41, 5.74) is 0. The van der Waals surface area contributed by atoms with E-state index in [4.69, 9.17) is 5.11 Å². The van der Waals surface area contributed by atoms with Crippen LogP contribution in [0.5, 0.6) is 0 Å². The lowest BCUT2D eigenvalue weighted by Gasteiger charge is -2.29. The van der Waals surface area contributed by atoms with Crippen molar-refractivity contribution in [1.82, 2.24) is 15.5 Å². The van der Waals surface area contributed by atoms with Crippen LogP contribution in [0.25, 0.3) is 0 Å². The highest BCUT2D eigenvalue weighted by Gasteiger charge is 2.20. The molecule has 0 aromatic carbocycles. The second-order valence-corrected chi connectivity index (χ2v) is 5.56. The molecular weight excluding hydrogens is 258 g/mol. The van der Waals surface area contributed by atoms with E-state index in [-0.39, 0.29) is 6.04 Å². The number of piperidine rings is 1. The number of hydrogen-bond donors (Lipinski definition) is 3. The van der Waals surface area contributed by atoms with E-state index in [1.165, 1.54) is 19.3 Å². The van der Waals surface area contributed by atoms with E-state index >= 15 is 0 Å². The fourth-order valence-corrected chi connectivity index (χ4v) is 2.54. The first-order valence-electron chi connectivity index (χ1n) is 7.55. The van der Waals surface area contributed by atoms with Crippen molar-refractivity contribution in [3.63, 3.8) is 0 Å². The van der Waals surface area contributed by atoms with Crippen LogP contribution in [-0.4, -0.2) is 53.7 Å². The van der Waals surface area contributed by atoms with Crippen LogP contribution in [-0.2, 0) is 4.79 Å². The van der Waals surface area contributed by atoms with Crippen LogP contribution in [0.1, 0.15) is 46.0 Å². The van der Waals surface area contributed by atoms with Crippen molar-refractivity contribution in [2.45, 2.75) is 58.0 Å². The molecule has 3 N–H and O–H groups in total. The topological polar surface area (TPSA) is 81.7 Å². The molecule has 6 heteroatoms. The highest BCUT2D eigenvalue weighted by Crippen LogP contribution is 2.08. The summed E-state index contributed by atoms with van der Waals surface area (Å²) in [5, 5.41) is 14.3.